The van der Waals surface area contributed by atoms with Gasteiger partial charge in [-0.15, -0.1) is 26.3 Å². The first-order chi connectivity index (χ1) is 22.9. The number of phenolic OH excluding ortho intramolecular Hbond substituents is 2. The molecule has 48 heavy (non-hydrogen) atoms. The van der Waals surface area contributed by atoms with E-state index in [9.17, 15) is 27.0 Å². The molecule has 0 radical (unpaired) electrons. The van der Waals surface area contributed by atoms with Crippen LogP contribution < -0.4 is 9.47 Å². The number of rotatable bonds is 14. The molecule has 8 nitrogen and oxygen atoms in total. The number of hydrogen-bond donors (Lipinski definition) is 2. The molecule has 0 spiro atoms. The van der Waals surface area contributed by atoms with Crippen LogP contribution in [0.3, 0.4) is 0 Å². The van der Waals surface area contributed by atoms with Gasteiger partial charge in [-0.25, -0.2) is 16.8 Å². The third-order valence-electron chi connectivity index (χ3n) is 7.30. The molecule has 0 aliphatic heterocycles. The van der Waals surface area contributed by atoms with E-state index in [1.165, 1.54) is 36.4 Å². The van der Waals surface area contributed by atoms with Gasteiger partial charge >= 0.3 is 0 Å². The molecule has 0 aromatic heterocycles. The Morgan fingerprint density at radius 3 is 1.06 bits per heavy atom. The number of benzene rings is 4. The van der Waals surface area contributed by atoms with Crippen LogP contribution in [-0.2, 0) is 45.4 Å². The number of allylic oxidation sites excluding steroid dienone is 4. The van der Waals surface area contributed by atoms with E-state index in [1.54, 1.807) is 74.9 Å². The molecule has 252 valence electrons. The standard InChI is InChI=1S/C20H22O4S.C18H18O4S/c1-5-7-15-13-17(9-11-19(15)23-3)25(21,22)18-10-12-20(24-4)16(14-18)8-6-2;1-3-5-13-11-15(7-9-17(13)19)23(21,22)16-8-10-18(20)14(12-16)6-4-2/h5-6,9-14H,1-2,7-8H2,3-4H3;3-4,7-12,19-20H,1-2,5-6H2. The van der Waals surface area contributed by atoms with Crippen molar-refractivity contribution in [3.8, 4) is 23.0 Å². The van der Waals surface area contributed by atoms with E-state index in [-0.39, 0.29) is 31.1 Å². The van der Waals surface area contributed by atoms with Crippen LogP contribution in [0, 0.1) is 0 Å². The molecule has 4 aromatic rings. The summed E-state index contributed by atoms with van der Waals surface area (Å²) >= 11 is 0. The number of aromatic hydroxyl groups is 2. The molecule has 4 rings (SSSR count). The maximum atomic E-state index is 13.0. The fraction of sp³-hybridized carbons (Fsp3) is 0.158. The van der Waals surface area contributed by atoms with Gasteiger partial charge in [-0.2, -0.15) is 0 Å². The van der Waals surface area contributed by atoms with Crippen LogP contribution in [0.1, 0.15) is 22.3 Å². The molecule has 0 bridgehead atoms. The summed E-state index contributed by atoms with van der Waals surface area (Å²) in [5, 5.41) is 19.5. The second kappa shape index (κ2) is 16.7. The van der Waals surface area contributed by atoms with Crippen molar-refractivity contribution in [2.45, 2.75) is 45.3 Å². The Kier molecular flexibility index (Phi) is 13.0. The topological polar surface area (TPSA) is 127 Å². The smallest absolute Gasteiger partial charge is 0.206 e. The van der Waals surface area contributed by atoms with E-state index in [0.717, 1.165) is 11.1 Å². The summed E-state index contributed by atoms with van der Waals surface area (Å²) in [5.41, 5.74) is 2.54. The van der Waals surface area contributed by atoms with Crippen molar-refractivity contribution in [2.24, 2.45) is 0 Å². The minimum atomic E-state index is -3.74. The van der Waals surface area contributed by atoms with Gasteiger partial charge < -0.3 is 19.7 Å². The highest BCUT2D eigenvalue weighted by Crippen LogP contribution is 2.31. The second-order valence-corrected chi connectivity index (χ2v) is 14.4. The second-order valence-electron chi connectivity index (χ2n) is 10.5. The molecule has 0 saturated heterocycles. The Labute approximate surface area is 283 Å². The van der Waals surface area contributed by atoms with Crippen LogP contribution in [0.2, 0.25) is 0 Å². The minimum absolute atomic E-state index is 0.0295. The van der Waals surface area contributed by atoms with Crippen molar-refractivity contribution in [1.29, 1.82) is 0 Å². The van der Waals surface area contributed by atoms with Gasteiger partial charge in [-0.1, -0.05) is 24.3 Å². The SMILES string of the molecule is C=CCc1cc(S(=O)(=O)c2ccc(O)c(CC=C)c2)ccc1O.C=CCc1cc(S(=O)(=O)c2ccc(OC)c(CC=C)c2)ccc1OC. The largest absolute Gasteiger partial charge is 0.508 e. The zero-order chi connectivity index (χ0) is 35.5. The van der Waals surface area contributed by atoms with Gasteiger partial charge in [0.1, 0.15) is 23.0 Å². The van der Waals surface area contributed by atoms with E-state index in [4.69, 9.17) is 9.47 Å². The van der Waals surface area contributed by atoms with Crippen LogP contribution in [0.5, 0.6) is 23.0 Å². The van der Waals surface area contributed by atoms with E-state index < -0.39 is 19.7 Å². The predicted octanol–water partition coefficient (Wildman–Crippen LogP) is 7.38. The summed E-state index contributed by atoms with van der Waals surface area (Å²) in [6, 6.07) is 18.0. The highest BCUT2D eigenvalue weighted by Gasteiger charge is 2.22. The van der Waals surface area contributed by atoms with E-state index in [2.05, 4.69) is 26.3 Å². The van der Waals surface area contributed by atoms with Crippen LogP contribution in [0.25, 0.3) is 0 Å². The number of ether oxygens (including phenoxy) is 2. The molecule has 2 N–H and O–H groups in total. The van der Waals surface area contributed by atoms with Gasteiger partial charge in [0.15, 0.2) is 0 Å². The lowest BCUT2D eigenvalue weighted by atomic mass is 10.1. The van der Waals surface area contributed by atoms with Crippen molar-refractivity contribution < 1.29 is 36.5 Å². The fourth-order valence-corrected chi connectivity index (χ4v) is 7.57. The van der Waals surface area contributed by atoms with Crippen molar-refractivity contribution in [3.05, 3.63) is 146 Å². The van der Waals surface area contributed by atoms with Crippen LogP contribution in [0.4, 0.5) is 0 Å². The summed E-state index contributed by atoms with van der Waals surface area (Å²) in [6.07, 6.45) is 8.39. The average Bonchev–Trinajstić information content (AvgIpc) is 3.07. The lowest BCUT2D eigenvalue weighted by molar-refractivity contribution is 0.410. The Balaban J connectivity index is 0.000000261. The number of phenols is 2. The molecule has 0 atom stereocenters. The van der Waals surface area contributed by atoms with E-state index >= 15 is 0 Å². The van der Waals surface area contributed by atoms with E-state index in [1.807, 2.05) is 0 Å². The maximum Gasteiger partial charge on any atom is 0.206 e. The van der Waals surface area contributed by atoms with Gasteiger partial charge in [0.05, 0.1) is 33.8 Å². The molecule has 0 unspecified atom stereocenters. The Hall–Kier alpha value is -5.06. The normalized spacial score (nSPS) is 11.0. The molecule has 10 heteroatoms. The molecule has 0 heterocycles. The molecule has 0 amide bonds. The number of sulfone groups is 2. The molecule has 0 aliphatic rings. The minimum Gasteiger partial charge on any atom is -0.508 e. The summed E-state index contributed by atoms with van der Waals surface area (Å²) < 4.78 is 62.1. The summed E-state index contributed by atoms with van der Waals surface area (Å²) in [5.74, 6) is 1.34. The average molecular weight is 689 g/mol. The third-order valence-corrected chi connectivity index (χ3v) is 10.8. The lowest BCUT2D eigenvalue weighted by Gasteiger charge is -2.12. The molecule has 0 saturated carbocycles. The summed E-state index contributed by atoms with van der Waals surface area (Å²) in [4.78, 5) is 0.615. The monoisotopic (exact) mass is 688 g/mol. The Morgan fingerprint density at radius 1 is 0.500 bits per heavy atom. The summed E-state index contributed by atoms with van der Waals surface area (Å²) in [6.45, 7) is 14.6. The zero-order valence-electron chi connectivity index (χ0n) is 27.1. The quantitative estimate of drug-likeness (QED) is 0.131. The first kappa shape index (κ1) is 37.4. The first-order valence-electron chi connectivity index (χ1n) is 14.8. The van der Waals surface area contributed by atoms with Gasteiger partial charge in [0, 0.05) is 0 Å². The Bertz CT molecular complexity index is 1890. The van der Waals surface area contributed by atoms with Gasteiger partial charge in [0.25, 0.3) is 0 Å². The van der Waals surface area contributed by atoms with Gasteiger partial charge in [-0.3, -0.25) is 0 Å². The molecule has 0 fully saturated rings. The molecular weight excluding hydrogens is 649 g/mol. The van der Waals surface area contributed by atoms with E-state index in [0.29, 0.717) is 48.3 Å². The number of methoxy groups -OCH3 is 2. The highest BCUT2D eigenvalue weighted by atomic mass is 32.2. The molecule has 0 aliphatic carbocycles. The van der Waals surface area contributed by atoms with Gasteiger partial charge in [-0.05, 0) is 121 Å². The van der Waals surface area contributed by atoms with Crippen LogP contribution in [-0.4, -0.2) is 41.3 Å². The molecular formula is C38H40O8S2. The van der Waals surface area contributed by atoms with Gasteiger partial charge in [0.2, 0.25) is 19.7 Å². The van der Waals surface area contributed by atoms with Crippen LogP contribution >= 0.6 is 0 Å². The van der Waals surface area contributed by atoms with Crippen molar-refractivity contribution in [1.82, 2.24) is 0 Å². The van der Waals surface area contributed by atoms with Crippen molar-refractivity contribution in [3.63, 3.8) is 0 Å². The first-order valence-corrected chi connectivity index (χ1v) is 17.8. The summed E-state index contributed by atoms with van der Waals surface area (Å²) in [7, 11) is -4.28. The Morgan fingerprint density at radius 2 is 0.771 bits per heavy atom. The van der Waals surface area contributed by atoms with Crippen molar-refractivity contribution in [2.75, 3.05) is 14.2 Å². The third kappa shape index (κ3) is 8.64. The van der Waals surface area contributed by atoms with Crippen LogP contribution in [0.15, 0.2) is 143 Å². The fourth-order valence-electron chi connectivity index (χ4n) is 4.84. The van der Waals surface area contributed by atoms with Crippen molar-refractivity contribution >= 4 is 19.7 Å². The lowest BCUT2D eigenvalue weighted by Crippen LogP contribution is -2.05. The molecule has 4 aromatic carbocycles. The maximum absolute atomic E-state index is 13.0. The zero-order valence-corrected chi connectivity index (χ0v) is 28.7. The highest BCUT2D eigenvalue weighted by molar-refractivity contribution is 7.91. The number of hydrogen-bond acceptors (Lipinski definition) is 8. The predicted molar refractivity (Wildman–Crippen MR) is 189 cm³/mol.